The van der Waals surface area contributed by atoms with E-state index in [0.717, 1.165) is 47.8 Å². The molecular formula is C24H28N2O4S. The standard InChI is InChI=1S/C24H28N2O4S/c1-3-20-6-4-5-13-26(20)31(28,29)21-10-8-19(9-11-21)25-24(27)15-18-16-30-23-14-17(2)7-12-22(18)23/h7-12,14,16,20H,3-6,13,15H2,1-2H3,(H,25,27). The fraction of sp³-hybridized carbons (Fsp3) is 0.375. The molecule has 0 bridgehead atoms. The van der Waals surface area contributed by atoms with Crippen molar-refractivity contribution in [3.8, 4) is 0 Å². The van der Waals surface area contributed by atoms with Crippen LogP contribution in [-0.4, -0.2) is 31.2 Å². The summed E-state index contributed by atoms with van der Waals surface area (Å²) in [7, 11) is -3.53. The molecule has 0 spiro atoms. The first-order chi connectivity index (χ1) is 14.9. The summed E-state index contributed by atoms with van der Waals surface area (Å²) in [4.78, 5) is 12.8. The van der Waals surface area contributed by atoms with E-state index in [9.17, 15) is 13.2 Å². The van der Waals surface area contributed by atoms with Crippen molar-refractivity contribution in [1.82, 2.24) is 4.31 Å². The molecule has 164 valence electrons. The van der Waals surface area contributed by atoms with Crippen LogP contribution in [0.2, 0.25) is 0 Å². The molecule has 1 aliphatic rings. The van der Waals surface area contributed by atoms with Crippen molar-refractivity contribution in [3.05, 3.63) is 59.9 Å². The Morgan fingerprint density at radius 2 is 1.94 bits per heavy atom. The number of rotatable bonds is 6. The van der Waals surface area contributed by atoms with Gasteiger partial charge in [-0.1, -0.05) is 25.5 Å². The number of anilines is 1. The first-order valence-electron chi connectivity index (χ1n) is 10.8. The van der Waals surface area contributed by atoms with Crippen molar-refractivity contribution < 1.29 is 17.6 Å². The molecule has 7 heteroatoms. The van der Waals surface area contributed by atoms with E-state index >= 15 is 0 Å². The summed E-state index contributed by atoms with van der Waals surface area (Å²) in [6.45, 7) is 4.59. The summed E-state index contributed by atoms with van der Waals surface area (Å²) in [5.74, 6) is -0.180. The first-order valence-corrected chi connectivity index (χ1v) is 12.2. The summed E-state index contributed by atoms with van der Waals surface area (Å²) < 4.78 is 33.3. The van der Waals surface area contributed by atoms with E-state index in [1.807, 2.05) is 32.0 Å². The van der Waals surface area contributed by atoms with Crippen LogP contribution in [0.3, 0.4) is 0 Å². The van der Waals surface area contributed by atoms with Gasteiger partial charge in [-0.2, -0.15) is 4.31 Å². The average Bonchev–Trinajstić information content (AvgIpc) is 3.15. The van der Waals surface area contributed by atoms with Gasteiger partial charge in [0.2, 0.25) is 15.9 Å². The minimum absolute atomic E-state index is 0.0618. The number of hydrogen-bond donors (Lipinski definition) is 1. The third kappa shape index (κ3) is 4.52. The first kappa shape index (κ1) is 21.6. The number of carbonyl (C=O) groups excluding carboxylic acids is 1. The van der Waals surface area contributed by atoms with Crippen LogP contribution in [0, 0.1) is 6.92 Å². The molecule has 1 fully saturated rings. The number of aryl methyl sites for hydroxylation is 1. The minimum atomic E-state index is -3.53. The Morgan fingerprint density at radius 3 is 2.68 bits per heavy atom. The van der Waals surface area contributed by atoms with Crippen molar-refractivity contribution in [1.29, 1.82) is 0 Å². The predicted octanol–water partition coefficient (Wildman–Crippen LogP) is 4.88. The summed E-state index contributed by atoms with van der Waals surface area (Å²) in [6, 6.07) is 12.4. The van der Waals surface area contributed by atoms with Crippen LogP contribution in [0.25, 0.3) is 11.0 Å². The van der Waals surface area contributed by atoms with Gasteiger partial charge in [0.1, 0.15) is 5.58 Å². The Bertz CT molecular complexity index is 1180. The Labute approximate surface area is 183 Å². The van der Waals surface area contributed by atoms with Crippen LogP contribution in [0.5, 0.6) is 0 Å². The van der Waals surface area contributed by atoms with E-state index in [2.05, 4.69) is 5.32 Å². The molecule has 1 N–H and O–H groups in total. The summed E-state index contributed by atoms with van der Waals surface area (Å²) >= 11 is 0. The predicted molar refractivity (Wildman–Crippen MR) is 122 cm³/mol. The second kappa shape index (κ2) is 8.85. The molecule has 1 aliphatic heterocycles. The van der Waals surface area contributed by atoms with E-state index < -0.39 is 10.0 Å². The highest BCUT2D eigenvalue weighted by molar-refractivity contribution is 7.89. The smallest absolute Gasteiger partial charge is 0.243 e. The number of benzene rings is 2. The largest absolute Gasteiger partial charge is 0.464 e. The molecule has 6 nitrogen and oxygen atoms in total. The second-order valence-electron chi connectivity index (χ2n) is 8.18. The molecule has 0 radical (unpaired) electrons. The Kier molecular flexibility index (Phi) is 6.16. The Morgan fingerprint density at radius 1 is 1.16 bits per heavy atom. The molecule has 0 saturated carbocycles. The third-order valence-corrected chi connectivity index (χ3v) is 7.92. The van der Waals surface area contributed by atoms with Crippen molar-refractivity contribution in [2.75, 3.05) is 11.9 Å². The Balaban J connectivity index is 1.44. The van der Waals surface area contributed by atoms with Crippen molar-refractivity contribution >= 4 is 32.6 Å². The Hall–Kier alpha value is -2.64. The maximum atomic E-state index is 13.1. The number of sulfonamides is 1. The fourth-order valence-corrected chi connectivity index (χ4v) is 6.02. The zero-order valence-corrected chi connectivity index (χ0v) is 18.7. The van der Waals surface area contributed by atoms with Gasteiger partial charge in [-0.25, -0.2) is 8.42 Å². The molecule has 1 aromatic heterocycles. The van der Waals surface area contributed by atoms with Gasteiger partial charge in [0.05, 0.1) is 17.6 Å². The summed E-state index contributed by atoms with van der Waals surface area (Å²) in [5, 5.41) is 3.77. The number of piperidine rings is 1. The molecule has 3 aromatic rings. The van der Waals surface area contributed by atoms with Crippen LogP contribution >= 0.6 is 0 Å². The van der Waals surface area contributed by atoms with E-state index in [-0.39, 0.29) is 23.3 Å². The zero-order chi connectivity index (χ0) is 22.0. The van der Waals surface area contributed by atoms with Crippen LogP contribution in [0.4, 0.5) is 5.69 Å². The van der Waals surface area contributed by atoms with Crippen molar-refractivity contribution in [3.63, 3.8) is 0 Å². The number of fused-ring (bicyclic) bond motifs is 1. The monoisotopic (exact) mass is 440 g/mol. The van der Waals surface area contributed by atoms with Crippen LogP contribution in [0.1, 0.15) is 43.7 Å². The number of carbonyl (C=O) groups is 1. The summed E-state index contributed by atoms with van der Waals surface area (Å²) in [5.41, 5.74) is 3.25. The highest BCUT2D eigenvalue weighted by atomic mass is 32.2. The molecular weight excluding hydrogens is 412 g/mol. The molecule has 0 aliphatic carbocycles. The van der Waals surface area contributed by atoms with Gasteiger partial charge in [-0.15, -0.1) is 0 Å². The maximum absolute atomic E-state index is 13.1. The lowest BCUT2D eigenvalue weighted by atomic mass is 10.0. The van der Waals surface area contributed by atoms with Crippen LogP contribution in [0.15, 0.2) is 58.0 Å². The molecule has 31 heavy (non-hydrogen) atoms. The summed E-state index contributed by atoms with van der Waals surface area (Å²) in [6.07, 6.45) is 5.49. The van der Waals surface area contributed by atoms with Gasteiger partial charge in [0.15, 0.2) is 0 Å². The molecule has 1 atom stereocenters. The maximum Gasteiger partial charge on any atom is 0.243 e. The lowest BCUT2D eigenvalue weighted by Gasteiger charge is -2.34. The number of nitrogens with one attached hydrogen (secondary N) is 1. The van der Waals surface area contributed by atoms with E-state index in [4.69, 9.17) is 4.42 Å². The van der Waals surface area contributed by atoms with E-state index in [1.165, 1.54) is 0 Å². The van der Waals surface area contributed by atoms with E-state index in [0.29, 0.717) is 12.2 Å². The third-order valence-electron chi connectivity index (χ3n) is 5.95. The second-order valence-corrected chi connectivity index (χ2v) is 10.1. The molecule has 2 heterocycles. The number of hydrogen-bond acceptors (Lipinski definition) is 4. The minimum Gasteiger partial charge on any atom is -0.464 e. The number of nitrogens with zero attached hydrogens (tertiary/aromatic N) is 1. The number of amides is 1. The van der Waals surface area contributed by atoms with E-state index in [1.54, 1.807) is 34.8 Å². The topological polar surface area (TPSA) is 79.6 Å². The van der Waals surface area contributed by atoms with Gasteiger partial charge in [-0.05, 0) is 62.1 Å². The van der Waals surface area contributed by atoms with Crippen molar-refractivity contribution in [2.24, 2.45) is 0 Å². The SMILES string of the molecule is CCC1CCCCN1S(=O)(=O)c1ccc(NC(=O)Cc2coc3cc(C)ccc23)cc1. The lowest BCUT2D eigenvalue weighted by Crippen LogP contribution is -2.43. The van der Waals surface area contributed by atoms with Gasteiger partial charge in [-0.3, -0.25) is 4.79 Å². The highest BCUT2D eigenvalue weighted by Crippen LogP contribution is 2.28. The molecule has 1 unspecified atom stereocenters. The quantitative estimate of drug-likeness (QED) is 0.593. The zero-order valence-electron chi connectivity index (χ0n) is 17.9. The van der Waals surface area contributed by atoms with Crippen LogP contribution < -0.4 is 5.32 Å². The van der Waals surface area contributed by atoms with Gasteiger partial charge in [0.25, 0.3) is 0 Å². The molecule has 1 saturated heterocycles. The fourth-order valence-electron chi connectivity index (χ4n) is 4.25. The van der Waals surface area contributed by atoms with Crippen molar-refractivity contribution in [2.45, 2.75) is 56.9 Å². The van der Waals surface area contributed by atoms with Crippen LogP contribution in [-0.2, 0) is 21.2 Å². The van der Waals surface area contributed by atoms with Gasteiger partial charge in [0, 0.05) is 29.2 Å². The molecule has 2 aromatic carbocycles. The molecule has 1 amide bonds. The van der Waals surface area contributed by atoms with Gasteiger partial charge < -0.3 is 9.73 Å². The van der Waals surface area contributed by atoms with Gasteiger partial charge >= 0.3 is 0 Å². The normalized spacial score (nSPS) is 17.7. The highest BCUT2D eigenvalue weighted by Gasteiger charge is 2.32. The average molecular weight is 441 g/mol. The lowest BCUT2D eigenvalue weighted by molar-refractivity contribution is -0.115. The molecule has 4 rings (SSSR count). The number of furan rings is 1.